The summed E-state index contributed by atoms with van der Waals surface area (Å²) in [5.74, 6) is 1.69. The van der Waals surface area contributed by atoms with Crippen LogP contribution in [0.25, 0.3) is 0 Å². The van der Waals surface area contributed by atoms with E-state index in [-0.39, 0.29) is 6.10 Å². The lowest BCUT2D eigenvalue weighted by molar-refractivity contribution is 0.0231. The van der Waals surface area contributed by atoms with Crippen LogP contribution >= 0.6 is 0 Å². The van der Waals surface area contributed by atoms with Gasteiger partial charge < -0.3 is 19.6 Å². The van der Waals surface area contributed by atoms with Gasteiger partial charge in [-0.2, -0.15) is 0 Å². The topological polar surface area (TPSA) is 57.6 Å². The Kier molecular flexibility index (Phi) is 3.41. The first-order valence-corrected chi connectivity index (χ1v) is 5.27. The van der Waals surface area contributed by atoms with Crippen LogP contribution in [0.1, 0.15) is 23.5 Å². The van der Waals surface area contributed by atoms with Gasteiger partial charge in [0.15, 0.2) is 0 Å². The summed E-state index contributed by atoms with van der Waals surface area (Å²) in [6, 6.07) is 1.98. The van der Waals surface area contributed by atoms with Gasteiger partial charge in [0.2, 0.25) is 0 Å². The van der Waals surface area contributed by atoms with Gasteiger partial charge in [-0.05, 0) is 25.0 Å². The van der Waals surface area contributed by atoms with E-state index in [1.54, 1.807) is 0 Å². The molecule has 1 atom stereocenters. The van der Waals surface area contributed by atoms with Crippen molar-refractivity contribution in [3.05, 3.63) is 23.2 Å². The quantitative estimate of drug-likeness (QED) is 0.816. The molecule has 4 nitrogen and oxygen atoms in total. The molecule has 0 radical (unpaired) electrons. The van der Waals surface area contributed by atoms with Crippen molar-refractivity contribution in [1.29, 1.82) is 0 Å². The number of furan rings is 1. The smallest absolute Gasteiger partial charge is 0.130 e. The molecule has 0 aromatic carbocycles. The number of hydrogen-bond donors (Lipinski definition) is 1. The molecule has 1 unspecified atom stereocenters. The molecule has 2 rings (SSSR count). The van der Waals surface area contributed by atoms with E-state index >= 15 is 0 Å². The maximum atomic E-state index is 5.64. The van der Waals surface area contributed by atoms with E-state index in [0.29, 0.717) is 19.8 Å². The highest BCUT2D eigenvalue weighted by Crippen LogP contribution is 2.17. The molecule has 2 N–H and O–H groups in total. The first-order chi connectivity index (χ1) is 7.29. The fourth-order valence-corrected chi connectivity index (χ4v) is 1.71. The van der Waals surface area contributed by atoms with Gasteiger partial charge in [0.1, 0.15) is 18.1 Å². The largest absolute Gasteiger partial charge is 0.462 e. The third kappa shape index (κ3) is 2.59. The molecule has 0 bridgehead atoms. The zero-order valence-electron chi connectivity index (χ0n) is 8.99. The molecule has 0 saturated carbocycles. The van der Waals surface area contributed by atoms with Crippen molar-refractivity contribution < 1.29 is 13.9 Å². The molecule has 1 aromatic heterocycles. The lowest BCUT2D eigenvalue weighted by Crippen LogP contribution is -2.11. The molecular formula is C11H17NO3. The van der Waals surface area contributed by atoms with Crippen LogP contribution in [0.4, 0.5) is 0 Å². The molecule has 1 aliphatic rings. The van der Waals surface area contributed by atoms with Crippen LogP contribution in [-0.2, 0) is 22.6 Å². The fraction of sp³-hybridized carbons (Fsp3) is 0.636. The predicted octanol–water partition coefficient (Wildman–Crippen LogP) is 1.35. The van der Waals surface area contributed by atoms with Crippen molar-refractivity contribution in [3.8, 4) is 0 Å². The molecule has 4 heteroatoms. The van der Waals surface area contributed by atoms with Crippen LogP contribution in [0.3, 0.4) is 0 Å². The number of nitrogens with two attached hydrogens (primary N) is 1. The van der Waals surface area contributed by atoms with Crippen molar-refractivity contribution in [2.45, 2.75) is 32.6 Å². The minimum atomic E-state index is 0.219. The van der Waals surface area contributed by atoms with Crippen LogP contribution in [0.15, 0.2) is 10.5 Å². The van der Waals surface area contributed by atoms with Gasteiger partial charge >= 0.3 is 0 Å². The highest BCUT2D eigenvalue weighted by molar-refractivity contribution is 5.19. The summed E-state index contributed by atoms with van der Waals surface area (Å²) in [5, 5.41) is 0. The Bertz CT molecular complexity index is 316. The van der Waals surface area contributed by atoms with E-state index in [0.717, 1.165) is 30.1 Å². The van der Waals surface area contributed by atoms with E-state index in [2.05, 4.69) is 0 Å². The highest BCUT2D eigenvalue weighted by atomic mass is 16.5. The van der Waals surface area contributed by atoms with Crippen molar-refractivity contribution in [2.75, 3.05) is 13.2 Å². The Morgan fingerprint density at radius 3 is 3.07 bits per heavy atom. The van der Waals surface area contributed by atoms with Crippen molar-refractivity contribution in [2.24, 2.45) is 5.73 Å². The summed E-state index contributed by atoms with van der Waals surface area (Å²) >= 11 is 0. The van der Waals surface area contributed by atoms with Gasteiger partial charge in [-0.15, -0.1) is 0 Å². The van der Waals surface area contributed by atoms with Gasteiger partial charge in [-0.25, -0.2) is 0 Å². The lowest BCUT2D eigenvalue weighted by Gasteiger charge is -2.07. The molecule has 0 amide bonds. The third-order valence-corrected chi connectivity index (χ3v) is 2.61. The van der Waals surface area contributed by atoms with Gasteiger partial charge in [0, 0.05) is 6.61 Å². The average Bonchev–Trinajstić information content (AvgIpc) is 2.83. The number of aryl methyl sites for hydroxylation is 1. The predicted molar refractivity (Wildman–Crippen MR) is 55.3 cm³/mol. The summed E-state index contributed by atoms with van der Waals surface area (Å²) in [5.41, 5.74) is 6.62. The zero-order valence-corrected chi connectivity index (χ0v) is 8.99. The summed E-state index contributed by atoms with van der Waals surface area (Å²) in [4.78, 5) is 0. The normalized spacial score (nSPS) is 21.1. The van der Waals surface area contributed by atoms with Gasteiger partial charge in [-0.3, -0.25) is 0 Å². The van der Waals surface area contributed by atoms with Crippen LogP contribution in [0.2, 0.25) is 0 Å². The highest BCUT2D eigenvalue weighted by Gasteiger charge is 2.16. The van der Waals surface area contributed by atoms with Crippen molar-refractivity contribution in [1.82, 2.24) is 0 Å². The van der Waals surface area contributed by atoms with Gasteiger partial charge in [0.05, 0.1) is 19.3 Å². The maximum Gasteiger partial charge on any atom is 0.130 e. The molecule has 1 saturated heterocycles. The Balaban J connectivity index is 1.87. The summed E-state index contributed by atoms with van der Waals surface area (Å²) in [7, 11) is 0. The first-order valence-electron chi connectivity index (χ1n) is 5.27. The zero-order chi connectivity index (χ0) is 10.7. The summed E-state index contributed by atoms with van der Waals surface area (Å²) < 4.78 is 16.4. The van der Waals surface area contributed by atoms with E-state index in [9.17, 15) is 0 Å². The second kappa shape index (κ2) is 4.79. The SMILES string of the molecule is Cc1cc(COC2CCOC2)oc1CN. The monoisotopic (exact) mass is 211 g/mol. The van der Waals surface area contributed by atoms with Crippen LogP contribution in [-0.4, -0.2) is 19.3 Å². The second-order valence-corrected chi connectivity index (χ2v) is 3.82. The minimum absolute atomic E-state index is 0.219. The molecule has 2 heterocycles. The standard InChI is InChI=1S/C11H17NO3/c1-8-4-10(15-11(8)5-12)7-14-9-2-3-13-6-9/h4,9H,2-3,5-7,12H2,1H3. The van der Waals surface area contributed by atoms with E-state index < -0.39 is 0 Å². The molecule has 0 spiro atoms. The Morgan fingerprint density at radius 1 is 1.60 bits per heavy atom. The Hall–Kier alpha value is -0.840. The average molecular weight is 211 g/mol. The molecule has 1 aromatic rings. The van der Waals surface area contributed by atoms with Gasteiger partial charge in [-0.1, -0.05) is 0 Å². The van der Waals surface area contributed by atoms with Crippen LogP contribution in [0.5, 0.6) is 0 Å². The molecule has 1 fully saturated rings. The summed E-state index contributed by atoms with van der Waals surface area (Å²) in [6.45, 7) is 4.44. The van der Waals surface area contributed by atoms with Gasteiger partial charge in [0.25, 0.3) is 0 Å². The maximum absolute atomic E-state index is 5.64. The lowest BCUT2D eigenvalue weighted by atomic mass is 10.2. The third-order valence-electron chi connectivity index (χ3n) is 2.61. The molecule has 0 aliphatic carbocycles. The minimum Gasteiger partial charge on any atom is -0.462 e. The number of ether oxygens (including phenoxy) is 2. The molecule has 15 heavy (non-hydrogen) atoms. The first kappa shape index (κ1) is 10.7. The Labute approximate surface area is 89.3 Å². The second-order valence-electron chi connectivity index (χ2n) is 3.82. The summed E-state index contributed by atoms with van der Waals surface area (Å²) in [6.07, 6.45) is 1.19. The van der Waals surface area contributed by atoms with Crippen LogP contribution in [0, 0.1) is 6.92 Å². The Morgan fingerprint density at radius 2 is 2.47 bits per heavy atom. The van der Waals surface area contributed by atoms with E-state index in [1.807, 2.05) is 13.0 Å². The van der Waals surface area contributed by atoms with Crippen molar-refractivity contribution in [3.63, 3.8) is 0 Å². The molecular weight excluding hydrogens is 194 g/mol. The van der Waals surface area contributed by atoms with Crippen molar-refractivity contribution >= 4 is 0 Å². The number of rotatable bonds is 4. The van der Waals surface area contributed by atoms with E-state index in [4.69, 9.17) is 19.6 Å². The molecule has 84 valence electrons. The van der Waals surface area contributed by atoms with E-state index in [1.165, 1.54) is 0 Å². The fourth-order valence-electron chi connectivity index (χ4n) is 1.71. The molecule has 1 aliphatic heterocycles. The number of hydrogen-bond acceptors (Lipinski definition) is 4. The van der Waals surface area contributed by atoms with Crippen LogP contribution < -0.4 is 5.73 Å².